The summed E-state index contributed by atoms with van der Waals surface area (Å²) in [5.74, 6) is 1.35. The van der Waals surface area contributed by atoms with Crippen molar-refractivity contribution in [1.82, 2.24) is 0 Å². The summed E-state index contributed by atoms with van der Waals surface area (Å²) in [6, 6.07) is 2.61. The smallest absolute Gasteiger partial charge is 0.339 e. The van der Waals surface area contributed by atoms with E-state index in [-0.39, 0.29) is 5.75 Å². The Morgan fingerprint density at radius 2 is 2.00 bits per heavy atom. The number of unbranched alkanes of at least 4 members (excludes halogenated alkanes) is 1. The van der Waals surface area contributed by atoms with Crippen LogP contribution in [0.4, 0.5) is 0 Å². The molecule has 0 unspecified atom stereocenters. The Morgan fingerprint density at radius 1 is 1.22 bits per heavy atom. The molecule has 0 amide bonds. The Bertz CT molecular complexity index is 418. The van der Waals surface area contributed by atoms with E-state index < -0.39 is 5.63 Å². The van der Waals surface area contributed by atoms with Crippen LogP contribution >= 0.6 is 0 Å². The minimum Gasteiger partial charge on any atom is -0.508 e. The van der Waals surface area contributed by atoms with E-state index in [1.165, 1.54) is 25.3 Å². The maximum absolute atomic E-state index is 11.1. The monoisotopic (exact) mass is 252 g/mol. The number of hydrogen-bond acceptors (Lipinski definition) is 4. The summed E-state index contributed by atoms with van der Waals surface area (Å²) in [5, 5.41) is 9.28. The van der Waals surface area contributed by atoms with Crippen molar-refractivity contribution in [3.8, 4) is 5.75 Å². The molecule has 100 valence electrons. The minimum atomic E-state index is -0.477. The van der Waals surface area contributed by atoms with Crippen LogP contribution in [0, 0.1) is 5.92 Å². The van der Waals surface area contributed by atoms with Gasteiger partial charge in [-0.25, -0.2) is 4.79 Å². The summed E-state index contributed by atoms with van der Waals surface area (Å²) in [7, 11) is 0. The van der Waals surface area contributed by atoms with Gasteiger partial charge in [-0.2, -0.15) is 0 Å². The second-order valence-electron chi connectivity index (χ2n) is 4.90. The van der Waals surface area contributed by atoms with Crippen LogP contribution in [0.1, 0.15) is 37.9 Å². The predicted molar refractivity (Wildman–Crippen MR) is 67.7 cm³/mol. The normalized spacial score (nSPS) is 16.9. The fourth-order valence-corrected chi connectivity index (χ4v) is 2.41. The van der Waals surface area contributed by atoms with E-state index in [2.05, 4.69) is 0 Å². The summed E-state index contributed by atoms with van der Waals surface area (Å²) in [4.78, 5) is 11.1. The first-order valence-corrected chi connectivity index (χ1v) is 6.65. The lowest BCUT2D eigenvalue weighted by atomic mass is 9.93. The zero-order valence-electron chi connectivity index (χ0n) is 10.6. The van der Waals surface area contributed by atoms with E-state index in [1.54, 1.807) is 0 Å². The van der Waals surface area contributed by atoms with Gasteiger partial charge in [-0.15, -0.1) is 0 Å². The molecule has 0 saturated carbocycles. The van der Waals surface area contributed by atoms with Crippen LogP contribution in [0.5, 0.6) is 5.75 Å². The molecule has 1 aliphatic heterocycles. The molecule has 1 fully saturated rings. The lowest BCUT2D eigenvalue weighted by Gasteiger charge is -2.21. The van der Waals surface area contributed by atoms with E-state index in [1.807, 2.05) is 0 Å². The lowest BCUT2D eigenvalue weighted by molar-refractivity contribution is 0.0631. The molecule has 1 aromatic rings. The van der Waals surface area contributed by atoms with Gasteiger partial charge >= 0.3 is 5.63 Å². The Labute approximate surface area is 107 Å². The minimum absolute atomic E-state index is 0.00863. The van der Waals surface area contributed by atoms with Crippen molar-refractivity contribution in [2.45, 2.75) is 38.5 Å². The van der Waals surface area contributed by atoms with Gasteiger partial charge in [0.25, 0.3) is 0 Å². The quantitative estimate of drug-likeness (QED) is 0.818. The standard InChI is InChI=1S/C14H20O4/c15-12-9-13(18-14(16)10-12)4-2-1-3-11-5-7-17-8-6-11/h9-11,15H,1-8H2. The van der Waals surface area contributed by atoms with E-state index in [4.69, 9.17) is 9.15 Å². The molecule has 2 rings (SSSR count). The molecule has 4 heteroatoms. The summed E-state index contributed by atoms with van der Waals surface area (Å²) in [6.07, 6.45) is 6.38. The summed E-state index contributed by atoms with van der Waals surface area (Å²) in [6.45, 7) is 1.79. The van der Waals surface area contributed by atoms with Gasteiger partial charge in [0, 0.05) is 25.7 Å². The molecule has 1 aromatic heterocycles. The fraction of sp³-hybridized carbons (Fsp3) is 0.643. The van der Waals surface area contributed by atoms with Crippen molar-refractivity contribution in [3.05, 3.63) is 28.3 Å². The second-order valence-corrected chi connectivity index (χ2v) is 4.90. The summed E-state index contributed by atoms with van der Waals surface area (Å²) >= 11 is 0. The molecule has 0 radical (unpaired) electrons. The van der Waals surface area contributed by atoms with Gasteiger partial charge in [-0.1, -0.05) is 12.8 Å². The zero-order valence-corrected chi connectivity index (χ0v) is 10.6. The van der Waals surface area contributed by atoms with Crippen molar-refractivity contribution in [1.29, 1.82) is 0 Å². The molecule has 0 aromatic carbocycles. The van der Waals surface area contributed by atoms with Gasteiger partial charge in [-0.05, 0) is 25.2 Å². The van der Waals surface area contributed by atoms with E-state index in [0.717, 1.165) is 38.0 Å². The van der Waals surface area contributed by atoms with Crippen LogP contribution in [0.2, 0.25) is 0 Å². The maximum Gasteiger partial charge on any atom is 0.339 e. The average molecular weight is 252 g/mol. The van der Waals surface area contributed by atoms with Crippen LogP contribution < -0.4 is 5.63 Å². The second kappa shape index (κ2) is 6.59. The highest BCUT2D eigenvalue weighted by molar-refractivity contribution is 5.18. The number of ether oxygens (including phenoxy) is 1. The van der Waals surface area contributed by atoms with Gasteiger partial charge in [-0.3, -0.25) is 0 Å². The Kier molecular flexibility index (Phi) is 4.81. The third-order valence-corrected chi connectivity index (χ3v) is 3.43. The topological polar surface area (TPSA) is 59.7 Å². The number of hydrogen-bond donors (Lipinski definition) is 1. The van der Waals surface area contributed by atoms with Crippen LogP contribution in [0.3, 0.4) is 0 Å². The highest BCUT2D eigenvalue weighted by Crippen LogP contribution is 2.21. The van der Waals surface area contributed by atoms with Gasteiger partial charge in [0.15, 0.2) is 0 Å². The summed E-state index contributed by atoms with van der Waals surface area (Å²) < 4.78 is 10.3. The third-order valence-electron chi connectivity index (χ3n) is 3.43. The van der Waals surface area contributed by atoms with Gasteiger partial charge < -0.3 is 14.3 Å². The van der Waals surface area contributed by atoms with E-state index in [9.17, 15) is 9.90 Å². The average Bonchev–Trinajstić information content (AvgIpc) is 2.35. The van der Waals surface area contributed by atoms with Crippen LogP contribution in [-0.4, -0.2) is 18.3 Å². The Morgan fingerprint density at radius 3 is 2.72 bits per heavy atom. The molecular weight excluding hydrogens is 232 g/mol. The van der Waals surface area contributed by atoms with E-state index >= 15 is 0 Å². The first-order valence-electron chi connectivity index (χ1n) is 6.65. The highest BCUT2D eigenvalue weighted by atomic mass is 16.5. The molecule has 0 atom stereocenters. The maximum atomic E-state index is 11.1. The van der Waals surface area contributed by atoms with Crippen molar-refractivity contribution in [2.75, 3.05) is 13.2 Å². The largest absolute Gasteiger partial charge is 0.508 e. The molecule has 1 saturated heterocycles. The van der Waals surface area contributed by atoms with Crippen molar-refractivity contribution in [3.63, 3.8) is 0 Å². The lowest BCUT2D eigenvalue weighted by Crippen LogP contribution is -2.15. The van der Waals surface area contributed by atoms with Gasteiger partial charge in [0.05, 0.1) is 6.07 Å². The fourth-order valence-electron chi connectivity index (χ4n) is 2.41. The number of aryl methyl sites for hydroxylation is 1. The van der Waals surface area contributed by atoms with Crippen molar-refractivity contribution >= 4 is 0 Å². The van der Waals surface area contributed by atoms with Crippen LogP contribution in [0.25, 0.3) is 0 Å². The zero-order chi connectivity index (χ0) is 12.8. The Hall–Kier alpha value is -1.29. The SMILES string of the molecule is O=c1cc(O)cc(CCCCC2CCOCC2)o1. The van der Waals surface area contributed by atoms with Crippen LogP contribution in [-0.2, 0) is 11.2 Å². The number of aromatic hydroxyl groups is 1. The van der Waals surface area contributed by atoms with Crippen molar-refractivity contribution in [2.24, 2.45) is 5.92 Å². The first kappa shape index (κ1) is 13.1. The molecule has 0 aliphatic carbocycles. The summed E-state index contributed by atoms with van der Waals surface area (Å²) in [5.41, 5.74) is -0.477. The molecule has 4 nitrogen and oxygen atoms in total. The molecule has 1 aliphatic rings. The number of rotatable bonds is 5. The van der Waals surface area contributed by atoms with Crippen molar-refractivity contribution < 1.29 is 14.3 Å². The highest BCUT2D eigenvalue weighted by Gasteiger charge is 2.13. The molecule has 1 N–H and O–H groups in total. The molecule has 0 spiro atoms. The van der Waals surface area contributed by atoms with E-state index in [0.29, 0.717) is 12.2 Å². The Balaban J connectivity index is 1.69. The molecule has 18 heavy (non-hydrogen) atoms. The molecule has 0 bridgehead atoms. The first-order chi connectivity index (χ1) is 8.74. The van der Waals surface area contributed by atoms with Gasteiger partial charge in [0.1, 0.15) is 11.5 Å². The predicted octanol–water partition coefficient (Wildman–Crippen LogP) is 2.48. The molecular formula is C14H20O4. The molecule has 2 heterocycles. The van der Waals surface area contributed by atoms with Crippen LogP contribution in [0.15, 0.2) is 21.3 Å². The third kappa shape index (κ3) is 4.18. The van der Waals surface area contributed by atoms with Gasteiger partial charge in [0.2, 0.25) is 0 Å².